The summed E-state index contributed by atoms with van der Waals surface area (Å²) in [6.45, 7) is 4.72. The summed E-state index contributed by atoms with van der Waals surface area (Å²) in [5, 5.41) is 12.7. The van der Waals surface area contributed by atoms with Crippen molar-refractivity contribution in [3.63, 3.8) is 0 Å². The number of aryl methyl sites for hydroxylation is 1. The second kappa shape index (κ2) is 9.42. The van der Waals surface area contributed by atoms with Gasteiger partial charge in [-0.15, -0.1) is 16.8 Å². The maximum atomic E-state index is 4.54. The summed E-state index contributed by atoms with van der Waals surface area (Å²) in [5.74, 6) is 2.89. The van der Waals surface area contributed by atoms with Gasteiger partial charge in [-0.25, -0.2) is 0 Å². The zero-order valence-electron chi connectivity index (χ0n) is 16.5. The monoisotopic (exact) mass is 391 g/mol. The number of benzene rings is 2. The van der Waals surface area contributed by atoms with Crippen LogP contribution < -0.4 is 0 Å². The third-order valence-corrected chi connectivity index (χ3v) is 6.86. The third-order valence-electron chi connectivity index (χ3n) is 5.84. The van der Waals surface area contributed by atoms with Gasteiger partial charge in [0, 0.05) is 18.7 Å². The van der Waals surface area contributed by atoms with E-state index in [1.807, 2.05) is 6.08 Å². The number of hydrogen-bond donors (Lipinski definition) is 0. The SMILES string of the molecule is C=CCn1c(CCC2CCCCC2)nnc1SCc1cccc2ccccc12. The van der Waals surface area contributed by atoms with E-state index in [0.717, 1.165) is 35.6 Å². The van der Waals surface area contributed by atoms with Crippen LogP contribution in [0.5, 0.6) is 0 Å². The maximum absolute atomic E-state index is 4.54. The Morgan fingerprint density at radius 3 is 2.71 bits per heavy atom. The van der Waals surface area contributed by atoms with E-state index >= 15 is 0 Å². The average molecular weight is 392 g/mol. The van der Waals surface area contributed by atoms with Crippen molar-refractivity contribution in [2.75, 3.05) is 0 Å². The number of nitrogens with zero attached hydrogens (tertiary/aromatic N) is 3. The van der Waals surface area contributed by atoms with Crippen LogP contribution >= 0.6 is 11.8 Å². The molecule has 3 nitrogen and oxygen atoms in total. The second-order valence-electron chi connectivity index (χ2n) is 7.77. The zero-order chi connectivity index (χ0) is 19.2. The largest absolute Gasteiger partial charge is 0.302 e. The molecule has 2 aromatic carbocycles. The summed E-state index contributed by atoms with van der Waals surface area (Å²) in [7, 11) is 0. The highest BCUT2D eigenvalue weighted by atomic mass is 32.2. The quantitative estimate of drug-likeness (QED) is 0.328. The Hall–Kier alpha value is -2.07. The Labute approximate surface area is 172 Å². The van der Waals surface area contributed by atoms with Crippen LogP contribution in [0, 0.1) is 5.92 Å². The fourth-order valence-electron chi connectivity index (χ4n) is 4.29. The van der Waals surface area contributed by atoms with Crippen LogP contribution in [0.4, 0.5) is 0 Å². The molecule has 4 rings (SSSR count). The van der Waals surface area contributed by atoms with E-state index in [9.17, 15) is 0 Å². The topological polar surface area (TPSA) is 30.7 Å². The highest BCUT2D eigenvalue weighted by Gasteiger charge is 2.17. The summed E-state index contributed by atoms with van der Waals surface area (Å²) in [6.07, 6.45) is 11.2. The zero-order valence-corrected chi connectivity index (χ0v) is 17.3. The van der Waals surface area contributed by atoms with E-state index in [4.69, 9.17) is 0 Å². The molecule has 0 radical (unpaired) electrons. The van der Waals surface area contributed by atoms with Crippen molar-refractivity contribution >= 4 is 22.5 Å². The Balaban J connectivity index is 1.46. The third kappa shape index (κ3) is 4.49. The highest BCUT2D eigenvalue weighted by Crippen LogP contribution is 2.29. The smallest absolute Gasteiger partial charge is 0.191 e. The minimum absolute atomic E-state index is 0.783. The van der Waals surface area contributed by atoms with Gasteiger partial charge in [0.2, 0.25) is 0 Å². The molecule has 0 spiro atoms. The first-order chi connectivity index (χ1) is 13.8. The van der Waals surface area contributed by atoms with Gasteiger partial charge < -0.3 is 4.57 Å². The molecule has 0 saturated heterocycles. The predicted octanol–water partition coefficient (Wildman–Crippen LogP) is 6.42. The van der Waals surface area contributed by atoms with E-state index in [1.54, 1.807) is 11.8 Å². The molecule has 3 aromatic rings. The molecule has 146 valence electrons. The van der Waals surface area contributed by atoms with E-state index < -0.39 is 0 Å². The first-order valence-electron chi connectivity index (χ1n) is 10.5. The van der Waals surface area contributed by atoms with Gasteiger partial charge in [-0.05, 0) is 28.7 Å². The number of fused-ring (bicyclic) bond motifs is 1. The molecule has 1 aromatic heterocycles. The van der Waals surface area contributed by atoms with Crippen LogP contribution in [0.2, 0.25) is 0 Å². The summed E-state index contributed by atoms with van der Waals surface area (Å²) >= 11 is 1.78. The molecule has 1 fully saturated rings. The van der Waals surface area contributed by atoms with Crippen LogP contribution in [0.3, 0.4) is 0 Å². The van der Waals surface area contributed by atoms with E-state index in [0.29, 0.717) is 0 Å². The lowest BCUT2D eigenvalue weighted by Crippen LogP contribution is -2.10. The number of thioether (sulfide) groups is 1. The first kappa shape index (κ1) is 19.3. The van der Waals surface area contributed by atoms with Gasteiger partial charge in [-0.2, -0.15) is 0 Å². The maximum Gasteiger partial charge on any atom is 0.191 e. The van der Waals surface area contributed by atoms with Crippen LogP contribution in [-0.4, -0.2) is 14.8 Å². The van der Waals surface area contributed by atoms with Crippen molar-refractivity contribution in [1.82, 2.24) is 14.8 Å². The van der Waals surface area contributed by atoms with E-state index in [-0.39, 0.29) is 0 Å². The molecule has 1 heterocycles. The van der Waals surface area contributed by atoms with Crippen molar-refractivity contribution in [3.8, 4) is 0 Å². The molecule has 1 aliphatic rings. The van der Waals surface area contributed by atoms with Gasteiger partial charge in [0.25, 0.3) is 0 Å². The molecule has 0 aliphatic heterocycles. The fraction of sp³-hybridized carbons (Fsp3) is 0.417. The summed E-state index contributed by atoms with van der Waals surface area (Å²) in [5.41, 5.74) is 1.35. The Morgan fingerprint density at radius 1 is 1.04 bits per heavy atom. The summed E-state index contributed by atoms with van der Waals surface area (Å²) < 4.78 is 2.26. The van der Waals surface area contributed by atoms with Gasteiger partial charge >= 0.3 is 0 Å². The number of rotatable bonds is 8. The summed E-state index contributed by atoms with van der Waals surface area (Å²) in [6, 6.07) is 15.1. The highest BCUT2D eigenvalue weighted by molar-refractivity contribution is 7.98. The Morgan fingerprint density at radius 2 is 1.86 bits per heavy atom. The van der Waals surface area contributed by atoms with E-state index in [2.05, 4.69) is 63.8 Å². The molecular formula is C24H29N3S. The number of hydrogen-bond acceptors (Lipinski definition) is 3. The normalized spacial score (nSPS) is 15.1. The molecule has 1 saturated carbocycles. The number of aromatic nitrogens is 3. The van der Waals surface area contributed by atoms with Gasteiger partial charge in [-0.3, -0.25) is 0 Å². The van der Waals surface area contributed by atoms with Crippen molar-refractivity contribution in [2.24, 2.45) is 5.92 Å². The standard InChI is InChI=1S/C24H29N3S/c1-2-17-27-23(16-15-19-9-4-3-5-10-19)25-26-24(27)28-18-21-13-8-12-20-11-6-7-14-22(20)21/h2,6-8,11-14,19H,1,3-5,9-10,15-18H2. The fourth-order valence-corrected chi connectivity index (χ4v) is 5.26. The molecule has 0 bridgehead atoms. The molecule has 4 heteroatoms. The average Bonchev–Trinajstić information content (AvgIpc) is 3.13. The first-order valence-corrected chi connectivity index (χ1v) is 11.5. The number of allylic oxidation sites excluding steroid dienone is 1. The molecular weight excluding hydrogens is 362 g/mol. The van der Waals surface area contributed by atoms with Crippen molar-refractivity contribution in [3.05, 3.63) is 66.5 Å². The van der Waals surface area contributed by atoms with Gasteiger partial charge in [0.05, 0.1) is 0 Å². The Kier molecular flexibility index (Phi) is 6.48. The Bertz CT molecular complexity index is 919. The van der Waals surface area contributed by atoms with Gasteiger partial charge in [0.15, 0.2) is 5.16 Å². The van der Waals surface area contributed by atoms with Crippen molar-refractivity contribution in [1.29, 1.82) is 0 Å². The predicted molar refractivity (Wildman–Crippen MR) is 119 cm³/mol. The lowest BCUT2D eigenvalue weighted by atomic mass is 9.86. The van der Waals surface area contributed by atoms with E-state index in [1.165, 1.54) is 54.9 Å². The second-order valence-corrected chi connectivity index (χ2v) is 8.71. The minimum atomic E-state index is 0.783. The molecule has 1 aliphatic carbocycles. The van der Waals surface area contributed by atoms with Gasteiger partial charge in [-0.1, -0.05) is 92.4 Å². The summed E-state index contributed by atoms with van der Waals surface area (Å²) in [4.78, 5) is 0. The lowest BCUT2D eigenvalue weighted by Gasteiger charge is -2.21. The lowest BCUT2D eigenvalue weighted by molar-refractivity contribution is 0.336. The van der Waals surface area contributed by atoms with Crippen LogP contribution in [0.25, 0.3) is 10.8 Å². The molecule has 0 unspecified atom stereocenters. The van der Waals surface area contributed by atoms with Crippen LogP contribution in [0.1, 0.15) is 49.9 Å². The van der Waals surface area contributed by atoms with Crippen LogP contribution in [0.15, 0.2) is 60.3 Å². The molecule has 28 heavy (non-hydrogen) atoms. The van der Waals surface area contributed by atoms with Crippen molar-refractivity contribution in [2.45, 2.75) is 62.4 Å². The van der Waals surface area contributed by atoms with Crippen molar-refractivity contribution < 1.29 is 0 Å². The minimum Gasteiger partial charge on any atom is -0.302 e. The molecule has 0 N–H and O–H groups in total. The van der Waals surface area contributed by atoms with Gasteiger partial charge in [0.1, 0.15) is 5.82 Å². The molecule has 0 amide bonds. The van der Waals surface area contributed by atoms with Crippen LogP contribution in [-0.2, 0) is 18.7 Å². The molecule has 0 atom stereocenters.